The van der Waals surface area contributed by atoms with Crippen molar-refractivity contribution in [1.29, 1.82) is 0 Å². The first-order chi connectivity index (χ1) is 12.7. The van der Waals surface area contributed by atoms with Gasteiger partial charge in [-0.3, -0.25) is 14.9 Å². The van der Waals surface area contributed by atoms with Crippen molar-refractivity contribution >= 4 is 35.1 Å². The van der Waals surface area contributed by atoms with Gasteiger partial charge in [0.15, 0.2) is 0 Å². The first-order valence-corrected chi connectivity index (χ1v) is 9.20. The van der Waals surface area contributed by atoms with Crippen LogP contribution in [-0.2, 0) is 9.59 Å². The molecule has 2 N–H and O–H groups in total. The number of carbonyl (C=O) groups excluding carboxylic acids is 3. The number of amides is 4. The molecule has 0 saturated carbocycles. The Kier molecular flexibility index (Phi) is 5.28. The minimum atomic E-state index is -1.06. The van der Waals surface area contributed by atoms with Gasteiger partial charge in [-0.25, -0.2) is 9.18 Å². The van der Waals surface area contributed by atoms with Crippen molar-refractivity contribution in [2.24, 2.45) is 0 Å². The fourth-order valence-electron chi connectivity index (χ4n) is 3.54. The number of benzene rings is 1. The molecule has 2 fully saturated rings. The predicted octanol–water partition coefficient (Wildman–Crippen LogP) is 1.89. The lowest BCUT2D eigenvalue weighted by atomic mass is 9.95. The van der Waals surface area contributed by atoms with Crippen molar-refractivity contribution in [3.8, 4) is 0 Å². The zero-order valence-electron chi connectivity index (χ0n) is 15.2. The number of nitrogens with zero attached hydrogens (tertiary/aromatic N) is 2. The number of halogens is 2. The summed E-state index contributed by atoms with van der Waals surface area (Å²) < 4.78 is 13.6. The fourth-order valence-corrected chi connectivity index (χ4v) is 3.76. The number of hydrogen-bond acceptors (Lipinski definition) is 4. The predicted molar refractivity (Wildman–Crippen MR) is 99.1 cm³/mol. The highest BCUT2D eigenvalue weighted by atomic mass is 35.5. The molecule has 2 heterocycles. The van der Waals surface area contributed by atoms with Crippen LogP contribution in [0.1, 0.15) is 26.7 Å². The Morgan fingerprint density at radius 1 is 1.33 bits per heavy atom. The second-order valence-electron chi connectivity index (χ2n) is 7.25. The largest absolute Gasteiger partial charge is 0.365 e. The van der Waals surface area contributed by atoms with Gasteiger partial charge in [-0.15, -0.1) is 0 Å². The summed E-state index contributed by atoms with van der Waals surface area (Å²) in [7, 11) is 0. The van der Waals surface area contributed by atoms with Gasteiger partial charge in [0.2, 0.25) is 5.91 Å². The monoisotopic (exact) mass is 396 g/mol. The topological polar surface area (TPSA) is 81.8 Å². The molecular weight excluding hydrogens is 375 g/mol. The summed E-state index contributed by atoms with van der Waals surface area (Å²) in [5, 5.41) is 5.08. The Morgan fingerprint density at radius 3 is 2.67 bits per heavy atom. The molecule has 1 aromatic rings. The van der Waals surface area contributed by atoms with Gasteiger partial charge in [0, 0.05) is 42.8 Å². The lowest BCUT2D eigenvalue weighted by molar-refractivity contribution is -0.132. The molecular formula is C18H22ClFN4O3. The molecule has 2 atom stereocenters. The maximum atomic E-state index is 13.6. The molecule has 7 nitrogen and oxygen atoms in total. The van der Waals surface area contributed by atoms with E-state index < -0.39 is 23.3 Å². The fraction of sp³-hybridized carbons (Fsp3) is 0.500. The molecule has 27 heavy (non-hydrogen) atoms. The van der Waals surface area contributed by atoms with E-state index in [2.05, 4.69) is 10.6 Å². The standard InChI is InChI=1S/C18H22ClFN4O3/c1-11-10-23(5-6-24(11)14-8-12(19)7-13(20)9-14)15(25)3-4-18(2)16(26)21-17(27)22-18/h7-9,11H,3-6,10H2,1-2H3,(H2,21,22,26,27)/t11-,18?/m0/s1. The number of piperazine rings is 1. The smallest absolute Gasteiger partial charge is 0.322 e. The molecule has 3 rings (SSSR count). The average Bonchev–Trinajstić information content (AvgIpc) is 2.84. The zero-order valence-corrected chi connectivity index (χ0v) is 16.0. The van der Waals surface area contributed by atoms with Crippen LogP contribution in [0.25, 0.3) is 0 Å². The maximum Gasteiger partial charge on any atom is 0.322 e. The van der Waals surface area contributed by atoms with Crippen LogP contribution in [0.2, 0.25) is 5.02 Å². The molecule has 146 valence electrons. The van der Waals surface area contributed by atoms with Gasteiger partial charge in [0.25, 0.3) is 5.91 Å². The van der Waals surface area contributed by atoms with Crippen LogP contribution < -0.4 is 15.5 Å². The van der Waals surface area contributed by atoms with Crippen molar-refractivity contribution in [1.82, 2.24) is 15.5 Å². The number of hydrogen-bond donors (Lipinski definition) is 2. The first kappa shape index (κ1) is 19.4. The highest BCUT2D eigenvalue weighted by Crippen LogP contribution is 2.26. The zero-order chi connectivity index (χ0) is 19.8. The van der Waals surface area contributed by atoms with Gasteiger partial charge in [-0.05, 0) is 38.5 Å². The Morgan fingerprint density at radius 2 is 2.07 bits per heavy atom. The van der Waals surface area contributed by atoms with Crippen LogP contribution in [-0.4, -0.2) is 54.0 Å². The number of anilines is 1. The van der Waals surface area contributed by atoms with Crippen LogP contribution in [0.4, 0.5) is 14.9 Å². The van der Waals surface area contributed by atoms with Crippen molar-refractivity contribution in [3.05, 3.63) is 29.0 Å². The van der Waals surface area contributed by atoms with Crippen molar-refractivity contribution < 1.29 is 18.8 Å². The number of nitrogens with one attached hydrogen (secondary N) is 2. The number of urea groups is 1. The normalized spacial score (nSPS) is 25.4. The first-order valence-electron chi connectivity index (χ1n) is 8.82. The van der Waals surface area contributed by atoms with E-state index >= 15 is 0 Å². The van der Waals surface area contributed by atoms with Crippen molar-refractivity contribution in [3.63, 3.8) is 0 Å². The maximum absolute atomic E-state index is 13.6. The third-order valence-corrected chi connectivity index (χ3v) is 5.33. The van der Waals surface area contributed by atoms with E-state index in [0.717, 1.165) is 0 Å². The summed E-state index contributed by atoms with van der Waals surface area (Å²) in [6, 6.07) is 3.85. The van der Waals surface area contributed by atoms with Crippen molar-refractivity contribution in [2.75, 3.05) is 24.5 Å². The molecule has 0 spiro atoms. The van der Waals surface area contributed by atoms with Crippen LogP contribution in [0.15, 0.2) is 18.2 Å². The SMILES string of the molecule is C[C@H]1CN(C(=O)CCC2(C)NC(=O)NC2=O)CCN1c1cc(F)cc(Cl)c1. The van der Waals surface area contributed by atoms with E-state index in [1.165, 1.54) is 12.1 Å². The molecule has 2 aliphatic heterocycles. The third-order valence-electron chi connectivity index (χ3n) is 5.12. The van der Waals surface area contributed by atoms with E-state index in [-0.39, 0.29) is 24.8 Å². The molecule has 4 amide bonds. The minimum Gasteiger partial charge on any atom is -0.365 e. The quantitative estimate of drug-likeness (QED) is 0.761. The summed E-state index contributed by atoms with van der Waals surface area (Å²) in [5.41, 5.74) is -0.365. The van der Waals surface area contributed by atoms with Gasteiger partial charge < -0.3 is 15.1 Å². The number of imide groups is 1. The van der Waals surface area contributed by atoms with Crippen LogP contribution >= 0.6 is 11.6 Å². The summed E-state index contributed by atoms with van der Waals surface area (Å²) in [6.07, 6.45) is 0.389. The molecule has 0 aliphatic carbocycles. The Hall–Kier alpha value is -2.35. The molecule has 0 radical (unpaired) electrons. The lowest BCUT2D eigenvalue weighted by Crippen LogP contribution is -2.54. The summed E-state index contributed by atoms with van der Waals surface area (Å²) in [5.74, 6) is -0.885. The molecule has 1 unspecified atom stereocenters. The van der Waals surface area contributed by atoms with E-state index in [4.69, 9.17) is 11.6 Å². The van der Waals surface area contributed by atoms with Gasteiger partial charge in [0.1, 0.15) is 11.4 Å². The number of rotatable bonds is 4. The molecule has 0 bridgehead atoms. The Labute approximate surface area is 161 Å². The molecule has 2 aliphatic rings. The summed E-state index contributed by atoms with van der Waals surface area (Å²) >= 11 is 5.94. The van der Waals surface area contributed by atoms with E-state index in [0.29, 0.717) is 30.3 Å². The van der Waals surface area contributed by atoms with Gasteiger partial charge >= 0.3 is 6.03 Å². The Bertz CT molecular complexity index is 770. The van der Waals surface area contributed by atoms with E-state index in [1.807, 2.05) is 11.8 Å². The minimum absolute atomic E-state index is 0.00867. The lowest BCUT2D eigenvalue weighted by Gasteiger charge is -2.41. The molecule has 9 heteroatoms. The summed E-state index contributed by atoms with van der Waals surface area (Å²) in [4.78, 5) is 39.5. The number of carbonyl (C=O) groups is 3. The van der Waals surface area contributed by atoms with Crippen LogP contribution in [0, 0.1) is 5.82 Å². The van der Waals surface area contributed by atoms with Crippen molar-refractivity contribution in [2.45, 2.75) is 38.3 Å². The highest BCUT2D eigenvalue weighted by molar-refractivity contribution is 6.30. The average molecular weight is 397 g/mol. The van der Waals surface area contributed by atoms with E-state index in [9.17, 15) is 18.8 Å². The van der Waals surface area contributed by atoms with E-state index in [1.54, 1.807) is 17.9 Å². The molecule has 0 aromatic heterocycles. The van der Waals surface area contributed by atoms with Crippen LogP contribution in [0.3, 0.4) is 0 Å². The highest BCUT2D eigenvalue weighted by Gasteiger charge is 2.42. The second-order valence-corrected chi connectivity index (χ2v) is 7.69. The van der Waals surface area contributed by atoms with Gasteiger partial charge in [0.05, 0.1) is 0 Å². The third kappa shape index (κ3) is 4.16. The van der Waals surface area contributed by atoms with Gasteiger partial charge in [-0.2, -0.15) is 0 Å². The summed E-state index contributed by atoms with van der Waals surface area (Å²) in [6.45, 7) is 5.11. The Balaban J connectivity index is 1.58. The second kappa shape index (κ2) is 7.34. The van der Waals surface area contributed by atoms with Gasteiger partial charge in [-0.1, -0.05) is 11.6 Å². The van der Waals surface area contributed by atoms with Crippen LogP contribution in [0.5, 0.6) is 0 Å². The molecule has 2 saturated heterocycles. The molecule has 1 aromatic carbocycles.